The Morgan fingerprint density at radius 1 is 0.920 bits per heavy atom. The fourth-order valence-electron chi connectivity index (χ4n) is 3.65. The summed E-state index contributed by atoms with van der Waals surface area (Å²) in [5.41, 5.74) is 3.33. The minimum absolute atomic E-state index is 0.155. The molecule has 2 nitrogen and oxygen atoms in total. The van der Waals surface area contributed by atoms with Gasteiger partial charge in [0.05, 0.1) is 25.7 Å². The summed E-state index contributed by atoms with van der Waals surface area (Å²) in [5, 5.41) is 12.6. The molecule has 0 aliphatic carbocycles. The van der Waals surface area contributed by atoms with Crippen molar-refractivity contribution in [1.29, 1.82) is 0 Å². The van der Waals surface area contributed by atoms with E-state index in [-0.39, 0.29) is 11.7 Å². The first-order chi connectivity index (χ1) is 11.8. The second kappa shape index (κ2) is 8.05. The van der Waals surface area contributed by atoms with Crippen LogP contribution in [-0.4, -0.2) is 30.2 Å². The molecule has 0 aromatic heterocycles. The van der Waals surface area contributed by atoms with E-state index >= 15 is 0 Å². The van der Waals surface area contributed by atoms with Gasteiger partial charge in [-0.15, -0.1) is 5.75 Å². The Bertz CT molecular complexity index is 668. The molecule has 0 radical (unpaired) electrons. The van der Waals surface area contributed by atoms with Gasteiger partial charge in [-0.3, -0.25) is 0 Å². The van der Waals surface area contributed by atoms with Crippen molar-refractivity contribution in [2.75, 3.05) is 13.6 Å². The third-order valence-corrected chi connectivity index (χ3v) is 6.00. The molecule has 2 aromatic carbocycles. The van der Waals surface area contributed by atoms with Crippen molar-refractivity contribution < 1.29 is 9.59 Å². The SMILES string of the molecule is Cc1ccc([O-])c([C@H](CC[N+](C)(C(C)C)C(C)C)c2ccccc2)c1. The summed E-state index contributed by atoms with van der Waals surface area (Å²) < 4.78 is 1.02. The van der Waals surface area contributed by atoms with E-state index in [0.29, 0.717) is 12.1 Å². The Morgan fingerprint density at radius 2 is 1.52 bits per heavy atom. The van der Waals surface area contributed by atoms with E-state index in [4.69, 9.17) is 0 Å². The number of quaternary nitrogens is 1. The molecule has 0 saturated heterocycles. The first-order valence-corrected chi connectivity index (χ1v) is 9.43. The first kappa shape index (κ1) is 19.5. The maximum absolute atomic E-state index is 12.6. The average molecular weight is 340 g/mol. The van der Waals surface area contributed by atoms with Crippen molar-refractivity contribution >= 4 is 0 Å². The van der Waals surface area contributed by atoms with Gasteiger partial charge in [0.25, 0.3) is 0 Å². The predicted molar refractivity (Wildman–Crippen MR) is 105 cm³/mol. The van der Waals surface area contributed by atoms with Crippen LogP contribution in [-0.2, 0) is 0 Å². The molecule has 0 fully saturated rings. The molecule has 0 unspecified atom stereocenters. The lowest BCUT2D eigenvalue weighted by molar-refractivity contribution is -0.949. The molecule has 0 N–H and O–H groups in total. The number of nitrogens with zero attached hydrogens (tertiary/aromatic N) is 1. The van der Waals surface area contributed by atoms with E-state index in [0.717, 1.165) is 28.6 Å². The lowest BCUT2D eigenvalue weighted by Gasteiger charge is -2.43. The molecule has 0 aliphatic rings. The topological polar surface area (TPSA) is 23.1 Å². The van der Waals surface area contributed by atoms with Crippen LogP contribution in [0.2, 0.25) is 0 Å². The Hall–Kier alpha value is -1.80. The smallest absolute Gasteiger partial charge is 0.0833 e. The Kier molecular flexibility index (Phi) is 6.29. The summed E-state index contributed by atoms with van der Waals surface area (Å²) in [4.78, 5) is 0. The zero-order valence-corrected chi connectivity index (χ0v) is 16.6. The highest BCUT2D eigenvalue weighted by Gasteiger charge is 2.31. The number of rotatable bonds is 7. The molecule has 2 rings (SSSR count). The zero-order valence-electron chi connectivity index (χ0n) is 16.6. The predicted octanol–water partition coefficient (Wildman–Crippen LogP) is 4.85. The highest BCUT2D eigenvalue weighted by atomic mass is 16.3. The highest BCUT2D eigenvalue weighted by molar-refractivity contribution is 5.42. The van der Waals surface area contributed by atoms with E-state index in [9.17, 15) is 5.11 Å². The maximum Gasteiger partial charge on any atom is 0.0833 e. The van der Waals surface area contributed by atoms with Crippen LogP contribution in [0.25, 0.3) is 0 Å². The van der Waals surface area contributed by atoms with Crippen molar-refractivity contribution in [1.82, 2.24) is 0 Å². The van der Waals surface area contributed by atoms with Crippen LogP contribution in [0.4, 0.5) is 0 Å². The van der Waals surface area contributed by atoms with Crippen LogP contribution >= 0.6 is 0 Å². The van der Waals surface area contributed by atoms with Gasteiger partial charge in [-0.05, 0) is 45.7 Å². The van der Waals surface area contributed by atoms with Crippen LogP contribution in [0, 0.1) is 6.92 Å². The standard InChI is InChI=1S/C23H33NO/c1-17(2)24(6,18(3)4)15-14-21(20-10-8-7-9-11-20)22-16-19(5)12-13-23(22)25/h7-13,16-18,21H,14-15H2,1-6H3/t21-/m1/s1. The third kappa shape index (κ3) is 4.43. The summed E-state index contributed by atoms with van der Waals surface area (Å²) in [7, 11) is 2.34. The molecule has 25 heavy (non-hydrogen) atoms. The van der Waals surface area contributed by atoms with E-state index in [1.165, 1.54) is 5.56 Å². The summed E-state index contributed by atoms with van der Waals surface area (Å²) in [5.74, 6) is 0.311. The van der Waals surface area contributed by atoms with Gasteiger partial charge in [-0.25, -0.2) is 0 Å². The van der Waals surface area contributed by atoms with E-state index < -0.39 is 0 Å². The van der Waals surface area contributed by atoms with Crippen molar-refractivity contribution in [2.24, 2.45) is 0 Å². The number of hydrogen-bond acceptors (Lipinski definition) is 1. The van der Waals surface area contributed by atoms with Crippen LogP contribution < -0.4 is 5.11 Å². The highest BCUT2D eigenvalue weighted by Crippen LogP contribution is 2.34. The van der Waals surface area contributed by atoms with Gasteiger partial charge < -0.3 is 9.59 Å². The fraction of sp³-hybridized carbons (Fsp3) is 0.478. The second-order valence-electron chi connectivity index (χ2n) is 8.05. The Balaban J connectivity index is 2.38. The van der Waals surface area contributed by atoms with Gasteiger partial charge in [0, 0.05) is 12.3 Å². The summed E-state index contributed by atoms with van der Waals surface area (Å²) in [6.45, 7) is 12.3. The van der Waals surface area contributed by atoms with Gasteiger partial charge >= 0.3 is 0 Å². The quantitative estimate of drug-likeness (QED) is 0.661. The molecule has 136 valence electrons. The van der Waals surface area contributed by atoms with Crippen molar-refractivity contribution in [3.63, 3.8) is 0 Å². The van der Waals surface area contributed by atoms with Gasteiger partial charge in [0.1, 0.15) is 0 Å². The van der Waals surface area contributed by atoms with E-state index in [1.54, 1.807) is 6.07 Å². The monoisotopic (exact) mass is 339 g/mol. The van der Waals surface area contributed by atoms with Crippen LogP contribution in [0.1, 0.15) is 56.7 Å². The maximum atomic E-state index is 12.6. The minimum Gasteiger partial charge on any atom is -0.872 e. The van der Waals surface area contributed by atoms with Crippen LogP contribution in [0.5, 0.6) is 5.75 Å². The molecule has 0 spiro atoms. The molecule has 2 heteroatoms. The molecule has 0 amide bonds. The number of hydrogen-bond donors (Lipinski definition) is 0. The lowest BCUT2D eigenvalue weighted by Crippen LogP contribution is -2.55. The number of aryl methyl sites for hydroxylation is 1. The van der Waals surface area contributed by atoms with E-state index in [1.807, 2.05) is 12.1 Å². The summed E-state index contributed by atoms with van der Waals surface area (Å²) >= 11 is 0. The van der Waals surface area contributed by atoms with Crippen LogP contribution in [0.3, 0.4) is 0 Å². The fourth-order valence-corrected chi connectivity index (χ4v) is 3.65. The molecule has 1 atom stereocenters. The van der Waals surface area contributed by atoms with Crippen molar-refractivity contribution in [3.8, 4) is 5.75 Å². The molecular weight excluding hydrogens is 306 g/mol. The van der Waals surface area contributed by atoms with Gasteiger partial charge in [0.15, 0.2) is 0 Å². The molecule has 0 aliphatic heterocycles. The molecule has 0 bridgehead atoms. The van der Waals surface area contributed by atoms with Gasteiger partial charge in [-0.1, -0.05) is 54.1 Å². The van der Waals surface area contributed by atoms with Crippen molar-refractivity contribution in [2.45, 2.75) is 59.0 Å². The largest absolute Gasteiger partial charge is 0.872 e. The summed E-state index contributed by atoms with van der Waals surface area (Å²) in [6, 6.07) is 17.3. The zero-order chi connectivity index (χ0) is 18.6. The lowest BCUT2D eigenvalue weighted by atomic mass is 9.86. The molecular formula is C23H33NO. The second-order valence-corrected chi connectivity index (χ2v) is 8.05. The van der Waals surface area contributed by atoms with Gasteiger partial charge in [0.2, 0.25) is 0 Å². The normalized spacial score (nSPS) is 13.4. The van der Waals surface area contributed by atoms with Crippen LogP contribution in [0.15, 0.2) is 48.5 Å². The Morgan fingerprint density at radius 3 is 2.08 bits per heavy atom. The molecule has 0 heterocycles. The van der Waals surface area contributed by atoms with Crippen molar-refractivity contribution in [3.05, 3.63) is 65.2 Å². The summed E-state index contributed by atoms with van der Waals surface area (Å²) in [6.07, 6.45) is 0.982. The molecule has 0 saturated carbocycles. The molecule has 2 aromatic rings. The van der Waals surface area contributed by atoms with Gasteiger partial charge in [-0.2, -0.15) is 0 Å². The number of benzene rings is 2. The first-order valence-electron chi connectivity index (χ1n) is 9.43. The average Bonchev–Trinajstić information content (AvgIpc) is 2.58. The minimum atomic E-state index is 0.155. The Labute approximate surface area is 153 Å². The van der Waals surface area contributed by atoms with E-state index in [2.05, 4.69) is 72.0 Å². The third-order valence-electron chi connectivity index (χ3n) is 6.00.